The molecule has 0 aliphatic rings. The maximum Gasteiger partial charge on any atom is 0.182 e. The molecule has 0 aliphatic carbocycles. The average Bonchev–Trinajstić information content (AvgIpc) is 2.69. The Balaban J connectivity index is 2.51. The number of carbonyl (C=O) groups is 1. The molecular formula is C12H12O3S2. The van der Waals surface area contributed by atoms with Gasteiger partial charge in [0, 0.05) is 27.3 Å². The Morgan fingerprint density at radius 3 is 2.59 bits per heavy atom. The molecular weight excluding hydrogens is 256 g/mol. The van der Waals surface area contributed by atoms with Gasteiger partial charge in [-0.2, -0.15) is 0 Å². The summed E-state index contributed by atoms with van der Waals surface area (Å²) in [6, 6.07) is 7.50. The van der Waals surface area contributed by atoms with Crippen LogP contribution in [0.15, 0.2) is 29.6 Å². The normalized spacial score (nSPS) is 13.8. The van der Waals surface area contributed by atoms with E-state index in [9.17, 15) is 13.2 Å². The van der Waals surface area contributed by atoms with Crippen molar-refractivity contribution in [1.29, 1.82) is 0 Å². The van der Waals surface area contributed by atoms with E-state index in [4.69, 9.17) is 0 Å². The molecule has 1 unspecified atom stereocenters. The van der Waals surface area contributed by atoms with E-state index in [0.29, 0.717) is 5.56 Å². The maximum atomic E-state index is 12.1. The highest BCUT2D eigenvalue weighted by atomic mass is 32.2. The molecule has 0 saturated carbocycles. The molecule has 1 aromatic heterocycles. The number of hydrogen-bond donors (Lipinski definition) is 0. The summed E-state index contributed by atoms with van der Waals surface area (Å²) in [5.41, 5.74) is 0.503. The first kappa shape index (κ1) is 12.3. The maximum absolute atomic E-state index is 12.1. The zero-order valence-electron chi connectivity index (χ0n) is 9.51. The fraction of sp³-hybridized carbons (Fsp3) is 0.250. The summed E-state index contributed by atoms with van der Waals surface area (Å²) < 4.78 is 23.8. The van der Waals surface area contributed by atoms with Crippen molar-refractivity contribution in [2.24, 2.45) is 0 Å². The van der Waals surface area contributed by atoms with Crippen molar-refractivity contribution in [3.8, 4) is 0 Å². The summed E-state index contributed by atoms with van der Waals surface area (Å²) in [6.45, 7) is 1.43. The summed E-state index contributed by atoms with van der Waals surface area (Å²) in [4.78, 5) is 12.1. The van der Waals surface area contributed by atoms with E-state index in [1.807, 2.05) is 24.3 Å². The fourth-order valence-electron chi connectivity index (χ4n) is 1.58. The van der Waals surface area contributed by atoms with Gasteiger partial charge in [-0.15, -0.1) is 11.3 Å². The molecule has 2 rings (SSSR count). The molecule has 0 amide bonds. The minimum atomic E-state index is -3.34. The zero-order valence-corrected chi connectivity index (χ0v) is 11.1. The number of rotatable bonds is 3. The van der Waals surface area contributed by atoms with E-state index in [1.165, 1.54) is 18.3 Å². The minimum absolute atomic E-state index is 0.329. The van der Waals surface area contributed by atoms with E-state index in [0.717, 1.165) is 16.3 Å². The molecule has 5 heteroatoms. The molecule has 0 fully saturated rings. The molecule has 90 valence electrons. The quantitative estimate of drug-likeness (QED) is 0.804. The molecule has 0 radical (unpaired) electrons. The number of hydrogen-bond acceptors (Lipinski definition) is 4. The Morgan fingerprint density at radius 2 is 1.94 bits per heavy atom. The van der Waals surface area contributed by atoms with Crippen LogP contribution in [0.3, 0.4) is 0 Å². The van der Waals surface area contributed by atoms with Crippen LogP contribution in [0.1, 0.15) is 17.3 Å². The second-order valence-corrected chi connectivity index (χ2v) is 7.26. The van der Waals surface area contributed by atoms with Crippen molar-refractivity contribution in [2.45, 2.75) is 12.2 Å². The molecule has 0 N–H and O–H groups in total. The molecule has 1 atom stereocenters. The number of benzene rings is 1. The number of Topliss-reactive ketones (excluding diaryl/α,β-unsaturated/α-hetero) is 1. The van der Waals surface area contributed by atoms with Crippen molar-refractivity contribution in [2.75, 3.05) is 6.26 Å². The molecule has 0 saturated heterocycles. The lowest BCUT2D eigenvalue weighted by Gasteiger charge is -2.07. The van der Waals surface area contributed by atoms with E-state index in [1.54, 1.807) is 5.38 Å². The summed E-state index contributed by atoms with van der Waals surface area (Å²) in [6.07, 6.45) is 1.09. The van der Waals surface area contributed by atoms with Gasteiger partial charge in [-0.05, 0) is 13.0 Å². The molecule has 1 heterocycles. The average molecular weight is 268 g/mol. The van der Waals surface area contributed by atoms with Crippen LogP contribution >= 0.6 is 11.3 Å². The molecule has 17 heavy (non-hydrogen) atoms. The Kier molecular flexibility index (Phi) is 3.05. The molecule has 0 aliphatic heterocycles. The van der Waals surface area contributed by atoms with Gasteiger partial charge in [0.1, 0.15) is 5.25 Å². The topological polar surface area (TPSA) is 51.2 Å². The van der Waals surface area contributed by atoms with Crippen LogP contribution in [0.5, 0.6) is 0 Å². The van der Waals surface area contributed by atoms with Crippen LogP contribution in [-0.2, 0) is 9.84 Å². The van der Waals surface area contributed by atoms with Crippen LogP contribution in [-0.4, -0.2) is 25.7 Å². The van der Waals surface area contributed by atoms with Crippen LogP contribution in [0, 0.1) is 0 Å². The van der Waals surface area contributed by atoms with Crippen molar-refractivity contribution < 1.29 is 13.2 Å². The third-order valence-electron chi connectivity index (χ3n) is 2.76. The Morgan fingerprint density at radius 1 is 1.29 bits per heavy atom. The monoisotopic (exact) mass is 268 g/mol. The number of ketones is 1. The van der Waals surface area contributed by atoms with Gasteiger partial charge in [0.05, 0.1) is 0 Å². The third-order valence-corrected chi connectivity index (χ3v) is 5.22. The van der Waals surface area contributed by atoms with Crippen molar-refractivity contribution in [1.82, 2.24) is 0 Å². The highest BCUT2D eigenvalue weighted by Crippen LogP contribution is 2.27. The molecule has 0 bridgehead atoms. The largest absolute Gasteiger partial charge is 0.293 e. The number of sulfone groups is 1. The van der Waals surface area contributed by atoms with Gasteiger partial charge in [0.15, 0.2) is 15.6 Å². The van der Waals surface area contributed by atoms with Gasteiger partial charge in [0.2, 0.25) is 0 Å². The van der Waals surface area contributed by atoms with Crippen molar-refractivity contribution >= 4 is 37.0 Å². The molecule has 0 spiro atoms. The first-order valence-corrected chi connectivity index (χ1v) is 7.94. The van der Waals surface area contributed by atoms with E-state index in [-0.39, 0.29) is 5.78 Å². The lowest BCUT2D eigenvalue weighted by atomic mass is 10.1. The summed E-state index contributed by atoms with van der Waals surface area (Å²) in [5, 5.41) is 1.58. The number of thiophene rings is 1. The standard InChI is InChI=1S/C12H12O3S2/c1-8(17(2,14)15)12(13)10-7-16-11-6-4-3-5-9(10)11/h3-8H,1-2H3. The highest BCUT2D eigenvalue weighted by molar-refractivity contribution is 7.92. The first-order chi connectivity index (χ1) is 7.91. The summed E-state index contributed by atoms with van der Waals surface area (Å²) in [7, 11) is -3.34. The van der Waals surface area contributed by atoms with Crippen LogP contribution in [0.2, 0.25) is 0 Å². The van der Waals surface area contributed by atoms with Gasteiger partial charge in [-0.1, -0.05) is 18.2 Å². The fourth-order valence-corrected chi connectivity index (χ4v) is 3.05. The van der Waals surface area contributed by atoms with Gasteiger partial charge >= 0.3 is 0 Å². The third kappa shape index (κ3) is 2.25. The van der Waals surface area contributed by atoms with Crippen molar-refractivity contribution in [3.63, 3.8) is 0 Å². The molecule has 3 nitrogen and oxygen atoms in total. The van der Waals surface area contributed by atoms with Gasteiger partial charge < -0.3 is 0 Å². The zero-order chi connectivity index (χ0) is 12.6. The predicted molar refractivity (Wildman–Crippen MR) is 70.5 cm³/mol. The molecule has 2 aromatic rings. The smallest absolute Gasteiger partial charge is 0.182 e. The Hall–Kier alpha value is -1.20. The van der Waals surface area contributed by atoms with Crippen LogP contribution in [0.4, 0.5) is 0 Å². The second kappa shape index (κ2) is 4.23. The van der Waals surface area contributed by atoms with Crippen LogP contribution in [0.25, 0.3) is 10.1 Å². The lowest BCUT2D eigenvalue weighted by Crippen LogP contribution is -2.26. The minimum Gasteiger partial charge on any atom is -0.293 e. The predicted octanol–water partition coefficient (Wildman–Crippen LogP) is 2.52. The summed E-state index contributed by atoms with van der Waals surface area (Å²) >= 11 is 1.45. The second-order valence-electron chi connectivity index (χ2n) is 3.98. The number of fused-ring (bicyclic) bond motifs is 1. The van der Waals surface area contributed by atoms with E-state index in [2.05, 4.69) is 0 Å². The Labute approximate surface area is 104 Å². The lowest BCUT2D eigenvalue weighted by molar-refractivity contribution is 0.0993. The summed E-state index contributed by atoms with van der Waals surface area (Å²) in [5.74, 6) is -0.329. The SMILES string of the molecule is CC(C(=O)c1csc2ccccc12)S(C)(=O)=O. The van der Waals surface area contributed by atoms with Gasteiger partial charge in [0.25, 0.3) is 0 Å². The van der Waals surface area contributed by atoms with Gasteiger partial charge in [-0.3, -0.25) is 4.79 Å². The van der Waals surface area contributed by atoms with Gasteiger partial charge in [-0.25, -0.2) is 8.42 Å². The number of carbonyl (C=O) groups excluding carboxylic acids is 1. The first-order valence-electron chi connectivity index (χ1n) is 5.10. The van der Waals surface area contributed by atoms with E-state index >= 15 is 0 Å². The van der Waals surface area contributed by atoms with Crippen molar-refractivity contribution in [3.05, 3.63) is 35.2 Å². The molecule has 1 aromatic carbocycles. The Bertz CT molecular complexity index is 668. The van der Waals surface area contributed by atoms with E-state index < -0.39 is 15.1 Å². The highest BCUT2D eigenvalue weighted by Gasteiger charge is 2.26. The van der Waals surface area contributed by atoms with Crippen LogP contribution < -0.4 is 0 Å².